The van der Waals surface area contributed by atoms with Gasteiger partial charge in [0.1, 0.15) is 11.3 Å². The van der Waals surface area contributed by atoms with E-state index in [1.165, 1.54) is 6.07 Å². The summed E-state index contributed by atoms with van der Waals surface area (Å²) in [6.45, 7) is 0. The van der Waals surface area contributed by atoms with Gasteiger partial charge in [0.2, 0.25) is 0 Å². The van der Waals surface area contributed by atoms with E-state index in [2.05, 4.69) is 0 Å². The molecule has 3 rings (SSSR count). The SMILES string of the molecule is O=c1cc(-c2ccccc2)oc2ccccc12.[Ca+2].[Fe].[H-].[H-].[H-].[H-].[H-].[K+].[Mg+2].[Zn]. The van der Waals surface area contributed by atoms with E-state index in [4.69, 9.17) is 4.42 Å². The molecule has 0 N–H and O–H groups in total. The molecule has 0 aliphatic rings. The first-order valence-corrected chi connectivity index (χ1v) is 5.43. The summed E-state index contributed by atoms with van der Waals surface area (Å²) in [6, 6.07) is 18.4. The molecule has 0 saturated heterocycles. The van der Waals surface area contributed by atoms with Crippen molar-refractivity contribution in [2.75, 3.05) is 0 Å². The molecule has 0 bridgehead atoms. The van der Waals surface area contributed by atoms with E-state index in [1.807, 2.05) is 48.5 Å². The molecule has 22 heavy (non-hydrogen) atoms. The quantitative estimate of drug-likeness (QED) is 0.497. The number of fused-ring (bicyclic) bond motifs is 1. The van der Waals surface area contributed by atoms with Gasteiger partial charge in [-0.2, -0.15) is 0 Å². The second-order valence-electron chi connectivity index (χ2n) is 3.84. The second-order valence-corrected chi connectivity index (χ2v) is 3.84. The van der Waals surface area contributed by atoms with Crippen molar-refractivity contribution in [3.63, 3.8) is 0 Å². The predicted octanol–water partition coefficient (Wildman–Crippen LogP) is 0.260. The molecular weight excluding hydrogens is 437 g/mol. The zero-order chi connectivity index (χ0) is 11.7. The zero-order valence-electron chi connectivity index (χ0n) is 17.6. The van der Waals surface area contributed by atoms with Crippen LogP contribution in [0.3, 0.4) is 0 Å². The van der Waals surface area contributed by atoms with Crippen LogP contribution < -0.4 is 56.8 Å². The van der Waals surface area contributed by atoms with Gasteiger partial charge in [-0.25, -0.2) is 0 Å². The van der Waals surface area contributed by atoms with E-state index in [0.29, 0.717) is 16.7 Å². The maximum absolute atomic E-state index is 11.9. The first-order valence-electron chi connectivity index (χ1n) is 5.43. The molecule has 2 nitrogen and oxygen atoms in total. The first-order chi connectivity index (χ1) is 8.34. The third kappa shape index (κ3) is 7.37. The molecule has 0 unspecified atom stereocenters. The Balaban J connectivity index is -0.0000000602. The van der Waals surface area contributed by atoms with Crippen LogP contribution in [0.5, 0.6) is 0 Å². The number of rotatable bonds is 1. The monoisotopic (exact) mass is 450 g/mol. The minimum Gasteiger partial charge on any atom is -1.00 e. The Hall–Kier alpha value is 2.46. The van der Waals surface area contributed by atoms with Crippen LogP contribution in [0.1, 0.15) is 7.13 Å². The van der Waals surface area contributed by atoms with Crippen LogP contribution in [0.2, 0.25) is 0 Å². The standard InChI is InChI=1S/C15H10O2.Ca.Fe.K.Mg.Zn.5H/c16-13-10-15(11-6-2-1-3-7-11)17-14-9-5-4-8-12(13)14;;;;;;;;;;/h1-10H;;;;;;;;;;/q;+2;;+1;+2;;5*-1. The molecule has 0 atom stereocenters. The summed E-state index contributed by atoms with van der Waals surface area (Å²) in [5.41, 5.74) is 1.53. The maximum Gasteiger partial charge on any atom is 2.00 e. The van der Waals surface area contributed by atoms with Gasteiger partial charge in [0, 0.05) is 48.2 Å². The number of benzene rings is 2. The van der Waals surface area contributed by atoms with Crippen LogP contribution in [-0.2, 0) is 36.5 Å². The van der Waals surface area contributed by atoms with Gasteiger partial charge in [-0.1, -0.05) is 42.5 Å². The van der Waals surface area contributed by atoms with Crippen molar-refractivity contribution in [3.8, 4) is 11.3 Å². The van der Waals surface area contributed by atoms with Crippen LogP contribution in [0.15, 0.2) is 69.9 Å². The van der Waals surface area contributed by atoms with Crippen LogP contribution in [0, 0.1) is 0 Å². The fourth-order valence-corrected chi connectivity index (χ4v) is 1.85. The topological polar surface area (TPSA) is 30.2 Å². The van der Waals surface area contributed by atoms with Gasteiger partial charge in [-0.05, 0) is 12.1 Å². The van der Waals surface area contributed by atoms with Crippen molar-refractivity contribution in [1.82, 2.24) is 0 Å². The number of hydrogen-bond acceptors (Lipinski definition) is 2. The molecule has 3 aromatic rings. The van der Waals surface area contributed by atoms with Gasteiger partial charge in [-0.3, -0.25) is 4.79 Å². The molecule has 1 aromatic heterocycles. The number of hydrogen-bond donors (Lipinski definition) is 0. The third-order valence-electron chi connectivity index (χ3n) is 2.69. The Labute approximate surface area is 248 Å². The second kappa shape index (κ2) is 14.6. The molecule has 0 amide bonds. The molecule has 0 aliphatic carbocycles. The van der Waals surface area contributed by atoms with Gasteiger partial charge in [0.25, 0.3) is 0 Å². The van der Waals surface area contributed by atoms with Crippen molar-refractivity contribution in [1.29, 1.82) is 0 Å². The van der Waals surface area contributed by atoms with E-state index in [-0.39, 0.29) is 161 Å². The molecule has 102 valence electrons. The molecule has 0 aliphatic heterocycles. The van der Waals surface area contributed by atoms with E-state index in [9.17, 15) is 4.79 Å². The first kappa shape index (κ1) is 29.2. The third-order valence-corrected chi connectivity index (χ3v) is 2.69. The molecule has 7 heteroatoms. The summed E-state index contributed by atoms with van der Waals surface area (Å²) in [5, 5.41) is 0.618. The van der Waals surface area contributed by atoms with Gasteiger partial charge in [-0.15, -0.1) is 0 Å². The molecular formula is C15H15CaFeKMgO2Zn. The Bertz CT molecular complexity index is 759. The fourth-order valence-electron chi connectivity index (χ4n) is 1.85. The Morgan fingerprint density at radius 1 is 0.909 bits per heavy atom. The Morgan fingerprint density at radius 2 is 1.45 bits per heavy atom. The summed E-state index contributed by atoms with van der Waals surface area (Å²) < 4.78 is 5.73. The van der Waals surface area contributed by atoms with Crippen molar-refractivity contribution in [2.24, 2.45) is 0 Å². The summed E-state index contributed by atoms with van der Waals surface area (Å²) in [5.74, 6) is 0.606. The smallest absolute Gasteiger partial charge is 1.00 e. The predicted molar refractivity (Wildman–Crippen MR) is 85.0 cm³/mol. The van der Waals surface area contributed by atoms with E-state index < -0.39 is 0 Å². The molecule has 1 heterocycles. The van der Waals surface area contributed by atoms with Crippen molar-refractivity contribution in [3.05, 3.63) is 70.9 Å². The summed E-state index contributed by atoms with van der Waals surface area (Å²) in [7, 11) is 0. The van der Waals surface area contributed by atoms with Crippen molar-refractivity contribution < 1.29 is 99.5 Å². The molecule has 0 spiro atoms. The van der Waals surface area contributed by atoms with Crippen LogP contribution in [0.25, 0.3) is 22.3 Å². The van der Waals surface area contributed by atoms with Gasteiger partial charge in [0.15, 0.2) is 5.43 Å². The average molecular weight is 452 g/mol. The summed E-state index contributed by atoms with van der Waals surface area (Å²) in [6.07, 6.45) is 0. The number of para-hydroxylation sites is 1. The van der Waals surface area contributed by atoms with Crippen molar-refractivity contribution in [2.45, 2.75) is 0 Å². The average Bonchev–Trinajstić information content (AvgIpc) is 2.40. The minimum atomic E-state index is -0.00861. The van der Waals surface area contributed by atoms with Crippen molar-refractivity contribution >= 4 is 71.8 Å². The van der Waals surface area contributed by atoms with Crippen LogP contribution >= 0.6 is 0 Å². The molecule has 0 radical (unpaired) electrons. The van der Waals surface area contributed by atoms with Gasteiger partial charge < -0.3 is 11.6 Å². The Kier molecular flexibility index (Phi) is 19.4. The molecule has 2 aromatic carbocycles. The van der Waals surface area contributed by atoms with Gasteiger partial charge in [0.05, 0.1) is 5.39 Å². The minimum absolute atomic E-state index is 0. The normalized spacial score (nSPS) is 8.18. The molecule has 0 saturated carbocycles. The maximum atomic E-state index is 11.9. The van der Waals surface area contributed by atoms with Crippen LogP contribution in [0.4, 0.5) is 0 Å². The molecule has 0 fully saturated rings. The van der Waals surface area contributed by atoms with Crippen LogP contribution in [-0.4, -0.2) is 60.8 Å². The summed E-state index contributed by atoms with van der Waals surface area (Å²) >= 11 is 0. The van der Waals surface area contributed by atoms with E-state index in [1.54, 1.807) is 6.07 Å². The fraction of sp³-hybridized carbons (Fsp3) is 0. The van der Waals surface area contributed by atoms with E-state index in [0.717, 1.165) is 5.56 Å². The van der Waals surface area contributed by atoms with E-state index >= 15 is 0 Å². The van der Waals surface area contributed by atoms with Gasteiger partial charge >= 0.3 is 112 Å². The Morgan fingerprint density at radius 3 is 2.09 bits per heavy atom. The largest absolute Gasteiger partial charge is 2.00 e. The summed E-state index contributed by atoms with van der Waals surface area (Å²) in [4.78, 5) is 11.9. The zero-order valence-corrected chi connectivity index (χ0v) is 23.4.